The molecule has 0 amide bonds. The first-order valence-electron chi connectivity index (χ1n) is 10.6. The molecule has 2 atom stereocenters. The Kier molecular flexibility index (Phi) is 6.08. The van der Waals surface area contributed by atoms with Crippen molar-refractivity contribution >= 4 is 11.6 Å². The molecule has 0 aliphatic carbocycles. The van der Waals surface area contributed by atoms with Gasteiger partial charge in [-0.3, -0.25) is 9.39 Å². The SMILES string of the molecule is CN=C(NCCCc1nnc2ccccn12)N1CCC(c2ccccc2)C(C)C1. The van der Waals surface area contributed by atoms with Crippen LogP contribution in [-0.2, 0) is 6.42 Å². The second kappa shape index (κ2) is 9.07. The van der Waals surface area contributed by atoms with Gasteiger partial charge in [0.25, 0.3) is 0 Å². The summed E-state index contributed by atoms with van der Waals surface area (Å²) in [6.07, 6.45) is 5.07. The zero-order valence-corrected chi connectivity index (χ0v) is 17.3. The highest BCUT2D eigenvalue weighted by atomic mass is 15.3. The van der Waals surface area contributed by atoms with Crippen LogP contribution >= 0.6 is 0 Å². The number of aromatic nitrogens is 3. The van der Waals surface area contributed by atoms with Gasteiger partial charge < -0.3 is 10.2 Å². The van der Waals surface area contributed by atoms with Crippen molar-refractivity contribution in [1.29, 1.82) is 0 Å². The number of guanidine groups is 1. The molecular weight excluding hydrogens is 360 g/mol. The van der Waals surface area contributed by atoms with E-state index in [-0.39, 0.29) is 0 Å². The highest BCUT2D eigenvalue weighted by Gasteiger charge is 2.28. The molecular formula is C23H30N6. The van der Waals surface area contributed by atoms with Gasteiger partial charge in [0.15, 0.2) is 11.6 Å². The lowest BCUT2D eigenvalue weighted by Crippen LogP contribution is -2.48. The van der Waals surface area contributed by atoms with Gasteiger partial charge >= 0.3 is 0 Å². The molecule has 0 radical (unpaired) electrons. The minimum absolute atomic E-state index is 0.604. The molecule has 1 aliphatic heterocycles. The molecule has 152 valence electrons. The predicted molar refractivity (Wildman–Crippen MR) is 117 cm³/mol. The molecule has 0 spiro atoms. The first kappa shape index (κ1) is 19.4. The van der Waals surface area contributed by atoms with Crippen LogP contribution in [0.2, 0.25) is 0 Å². The molecule has 1 aromatic carbocycles. The standard InChI is InChI=1S/C23H30N6/c1-18-17-28(16-13-20(18)19-9-4-3-5-10-19)23(24-2)25-14-8-12-22-27-26-21-11-6-7-15-29(21)22/h3-7,9-11,15,18,20H,8,12-14,16-17H2,1-2H3,(H,24,25). The van der Waals surface area contributed by atoms with Crippen LogP contribution in [0.25, 0.3) is 5.65 Å². The number of piperidine rings is 1. The van der Waals surface area contributed by atoms with Gasteiger partial charge in [0.2, 0.25) is 0 Å². The summed E-state index contributed by atoms with van der Waals surface area (Å²) >= 11 is 0. The molecule has 0 bridgehead atoms. The van der Waals surface area contributed by atoms with Crippen molar-refractivity contribution < 1.29 is 0 Å². The lowest BCUT2D eigenvalue weighted by molar-refractivity contribution is 0.234. The molecule has 1 fully saturated rings. The molecule has 1 saturated heterocycles. The number of pyridine rings is 1. The molecule has 6 heteroatoms. The Hall–Kier alpha value is -2.89. The number of rotatable bonds is 5. The smallest absolute Gasteiger partial charge is 0.193 e. The van der Waals surface area contributed by atoms with Gasteiger partial charge in [0, 0.05) is 39.3 Å². The van der Waals surface area contributed by atoms with Crippen LogP contribution in [0.1, 0.15) is 37.1 Å². The second-order valence-corrected chi connectivity index (χ2v) is 7.85. The van der Waals surface area contributed by atoms with Crippen molar-refractivity contribution in [1.82, 2.24) is 24.8 Å². The summed E-state index contributed by atoms with van der Waals surface area (Å²) in [6.45, 7) is 5.31. The summed E-state index contributed by atoms with van der Waals surface area (Å²) in [5.41, 5.74) is 2.37. The van der Waals surface area contributed by atoms with Gasteiger partial charge in [0.1, 0.15) is 5.82 Å². The third-order valence-corrected chi connectivity index (χ3v) is 5.89. The molecule has 29 heavy (non-hydrogen) atoms. The van der Waals surface area contributed by atoms with E-state index in [1.54, 1.807) is 0 Å². The summed E-state index contributed by atoms with van der Waals surface area (Å²) in [5.74, 6) is 3.25. The zero-order valence-electron chi connectivity index (χ0n) is 17.3. The van der Waals surface area contributed by atoms with Crippen molar-refractivity contribution in [3.63, 3.8) is 0 Å². The van der Waals surface area contributed by atoms with Crippen LogP contribution in [0.3, 0.4) is 0 Å². The molecule has 4 rings (SSSR count). The summed E-state index contributed by atoms with van der Waals surface area (Å²) in [6, 6.07) is 16.9. The maximum Gasteiger partial charge on any atom is 0.193 e. The third kappa shape index (κ3) is 4.42. The Balaban J connectivity index is 1.27. The normalized spacial score (nSPS) is 20.2. The molecule has 3 aromatic rings. The van der Waals surface area contributed by atoms with E-state index in [9.17, 15) is 0 Å². The summed E-state index contributed by atoms with van der Waals surface area (Å²) in [4.78, 5) is 6.93. The van der Waals surface area contributed by atoms with Crippen molar-refractivity contribution in [2.45, 2.75) is 32.1 Å². The Labute approximate surface area is 172 Å². The highest BCUT2D eigenvalue weighted by Crippen LogP contribution is 2.32. The first-order valence-corrected chi connectivity index (χ1v) is 10.6. The van der Waals surface area contributed by atoms with E-state index in [1.165, 1.54) is 5.56 Å². The fourth-order valence-electron chi connectivity index (χ4n) is 4.37. The average Bonchev–Trinajstić information content (AvgIpc) is 3.17. The Morgan fingerprint density at radius 1 is 1.14 bits per heavy atom. The Morgan fingerprint density at radius 3 is 2.76 bits per heavy atom. The monoisotopic (exact) mass is 390 g/mol. The van der Waals surface area contributed by atoms with Gasteiger partial charge in [-0.15, -0.1) is 10.2 Å². The lowest BCUT2D eigenvalue weighted by atomic mass is 9.82. The second-order valence-electron chi connectivity index (χ2n) is 7.85. The van der Waals surface area contributed by atoms with Crippen molar-refractivity contribution in [2.75, 3.05) is 26.7 Å². The predicted octanol–water partition coefficient (Wildman–Crippen LogP) is 3.36. The number of likely N-dealkylation sites (tertiary alicyclic amines) is 1. The molecule has 2 unspecified atom stereocenters. The molecule has 1 aliphatic rings. The summed E-state index contributed by atoms with van der Waals surface area (Å²) < 4.78 is 2.06. The highest BCUT2D eigenvalue weighted by molar-refractivity contribution is 5.80. The number of nitrogens with zero attached hydrogens (tertiary/aromatic N) is 5. The zero-order chi connectivity index (χ0) is 20.1. The minimum Gasteiger partial charge on any atom is -0.356 e. The van der Waals surface area contributed by atoms with Crippen LogP contribution in [0.15, 0.2) is 59.7 Å². The maximum atomic E-state index is 4.53. The van der Waals surface area contributed by atoms with Crippen molar-refractivity contribution in [3.05, 3.63) is 66.1 Å². The van der Waals surface area contributed by atoms with Gasteiger partial charge in [-0.1, -0.05) is 43.3 Å². The maximum absolute atomic E-state index is 4.53. The van der Waals surface area contributed by atoms with Crippen molar-refractivity contribution in [2.24, 2.45) is 10.9 Å². The topological polar surface area (TPSA) is 57.8 Å². The van der Waals surface area contributed by atoms with Crippen LogP contribution in [0, 0.1) is 5.92 Å². The quantitative estimate of drug-likeness (QED) is 0.412. The summed E-state index contributed by atoms with van der Waals surface area (Å²) in [5, 5.41) is 12.1. The number of hydrogen-bond donors (Lipinski definition) is 1. The fraction of sp³-hybridized carbons (Fsp3) is 0.435. The molecule has 0 saturated carbocycles. The van der Waals surface area contributed by atoms with E-state index in [1.807, 2.05) is 31.4 Å². The average molecular weight is 391 g/mol. The van der Waals surface area contributed by atoms with Crippen LogP contribution < -0.4 is 5.32 Å². The van der Waals surface area contributed by atoms with Crippen LogP contribution in [-0.4, -0.2) is 52.1 Å². The van der Waals surface area contributed by atoms with Gasteiger partial charge in [0.05, 0.1) is 0 Å². The van der Waals surface area contributed by atoms with E-state index in [0.717, 1.165) is 56.3 Å². The van der Waals surface area contributed by atoms with E-state index in [4.69, 9.17) is 0 Å². The lowest BCUT2D eigenvalue weighted by Gasteiger charge is -2.39. The van der Waals surface area contributed by atoms with Gasteiger partial charge in [-0.25, -0.2) is 0 Å². The molecule has 2 aromatic heterocycles. The first-order chi connectivity index (χ1) is 14.3. The summed E-state index contributed by atoms with van der Waals surface area (Å²) in [7, 11) is 1.88. The van der Waals surface area contributed by atoms with Crippen molar-refractivity contribution in [3.8, 4) is 0 Å². The van der Waals surface area contributed by atoms with Crippen LogP contribution in [0.4, 0.5) is 0 Å². The number of aliphatic imine (C=N–C) groups is 1. The number of hydrogen-bond acceptors (Lipinski definition) is 3. The number of nitrogens with one attached hydrogen (secondary N) is 1. The molecule has 3 heterocycles. The Morgan fingerprint density at radius 2 is 1.97 bits per heavy atom. The number of fused-ring (bicyclic) bond motifs is 1. The largest absolute Gasteiger partial charge is 0.356 e. The Bertz CT molecular complexity index is 948. The molecule has 6 nitrogen and oxygen atoms in total. The third-order valence-electron chi connectivity index (χ3n) is 5.89. The van der Waals surface area contributed by atoms with Gasteiger partial charge in [-0.2, -0.15) is 0 Å². The van der Waals surface area contributed by atoms with Crippen LogP contribution in [0.5, 0.6) is 0 Å². The number of aryl methyl sites for hydroxylation is 1. The van der Waals surface area contributed by atoms with E-state index < -0.39 is 0 Å². The van der Waals surface area contributed by atoms with E-state index >= 15 is 0 Å². The van der Waals surface area contributed by atoms with Gasteiger partial charge in [-0.05, 0) is 42.4 Å². The molecule has 1 N–H and O–H groups in total. The van der Waals surface area contributed by atoms with E-state index in [2.05, 4.69) is 67.1 Å². The number of benzene rings is 1. The fourth-order valence-corrected chi connectivity index (χ4v) is 4.37. The van der Waals surface area contributed by atoms with E-state index in [0.29, 0.717) is 11.8 Å². The minimum atomic E-state index is 0.604.